The highest BCUT2D eigenvalue weighted by atomic mass is 16.6. The number of methoxy groups -OCH3 is 1. The van der Waals surface area contributed by atoms with Crippen LogP contribution in [-0.4, -0.2) is 25.4 Å². The van der Waals surface area contributed by atoms with Gasteiger partial charge in [-0.1, -0.05) is 12.1 Å². The molecule has 2 aromatic rings. The molecule has 3 rings (SSSR count). The van der Waals surface area contributed by atoms with Crippen LogP contribution in [0.25, 0.3) is 11.1 Å². The molecule has 1 aliphatic heterocycles. The Labute approximate surface area is 117 Å². The molecule has 1 aliphatic rings. The summed E-state index contributed by atoms with van der Waals surface area (Å²) in [5.74, 6) is 2.22. The lowest BCUT2D eigenvalue weighted by atomic mass is 10.0. The van der Waals surface area contributed by atoms with Gasteiger partial charge in [0.1, 0.15) is 19.0 Å². The van der Waals surface area contributed by atoms with Crippen LogP contribution in [0.4, 0.5) is 0 Å². The third-order valence-electron chi connectivity index (χ3n) is 3.33. The first-order valence-electron chi connectivity index (χ1n) is 6.49. The van der Waals surface area contributed by atoms with Crippen LogP contribution < -0.4 is 14.2 Å². The molecule has 0 fully saturated rings. The van der Waals surface area contributed by atoms with Crippen LogP contribution in [-0.2, 0) is 6.61 Å². The molecule has 0 saturated heterocycles. The van der Waals surface area contributed by atoms with E-state index in [2.05, 4.69) is 0 Å². The molecule has 4 nitrogen and oxygen atoms in total. The van der Waals surface area contributed by atoms with Gasteiger partial charge in [-0.15, -0.1) is 0 Å². The Balaban J connectivity index is 2.00. The van der Waals surface area contributed by atoms with Gasteiger partial charge in [-0.05, 0) is 35.4 Å². The fourth-order valence-corrected chi connectivity index (χ4v) is 2.30. The van der Waals surface area contributed by atoms with Gasteiger partial charge >= 0.3 is 0 Å². The molecule has 0 radical (unpaired) electrons. The smallest absolute Gasteiger partial charge is 0.161 e. The summed E-state index contributed by atoms with van der Waals surface area (Å²) in [6, 6.07) is 11.6. The Hall–Kier alpha value is -2.20. The molecule has 0 saturated carbocycles. The molecule has 0 aromatic heterocycles. The fourth-order valence-electron chi connectivity index (χ4n) is 2.30. The van der Waals surface area contributed by atoms with Crippen molar-refractivity contribution in [2.75, 3.05) is 20.3 Å². The number of ether oxygens (including phenoxy) is 3. The van der Waals surface area contributed by atoms with E-state index in [9.17, 15) is 5.11 Å². The topological polar surface area (TPSA) is 47.9 Å². The Morgan fingerprint density at radius 3 is 2.45 bits per heavy atom. The van der Waals surface area contributed by atoms with Crippen molar-refractivity contribution >= 4 is 0 Å². The molecule has 1 heterocycles. The van der Waals surface area contributed by atoms with E-state index in [0.29, 0.717) is 19.0 Å². The number of fused-ring (bicyclic) bond motifs is 1. The molecule has 0 bridgehead atoms. The first-order chi connectivity index (χ1) is 9.81. The van der Waals surface area contributed by atoms with Crippen LogP contribution in [0.3, 0.4) is 0 Å². The number of benzene rings is 2. The minimum absolute atomic E-state index is 0.0540. The maximum atomic E-state index is 9.39. The normalized spacial score (nSPS) is 13.1. The van der Waals surface area contributed by atoms with Crippen molar-refractivity contribution in [1.29, 1.82) is 0 Å². The number of hydrogen-bond donors (Lipinski definition) is 1. The van der Waals surface area contributed by atoms with Crippen molar-refractivity contribution in [3.8, 4) is 28.4 Å². The van der Waals surface area contributed by atoms with Crippen LogP contribution in [0.15, 0.2) is 36.4 Å². The zero-order valence-corrected chi connectivity index (χ0v) is 11.3. The van der Waals surface area contributed by atoms with Crippen LogP contribution in [0, 0.1) is 0 Å². The van der Waals surface area contributed by atoms with Gasteiger partial charge in [0.15, 0.2) is 11.5 Å². The van der Waals surface area contributed by atoms with E-state index < -0.39 is 0 Å². The molecule has 20 heavy (non-hydrogen) atoms. The van der Waals surface area contributed by atoms with Gasteiger partial charge in [0.05, 0.1) is 13.7 Å². The standard InChI is InChI=1S/C16H16O4/c1-18-14-4-2-11(8-13(14)10-17)12-3-5-15-16(9-12)20-7-6-19-15/h2-5,8-9,17H,6-7,10H2,1H3. The Bertz CT molecular complexity index is 584. The Kier molecular flexibility index (Phi) is 3.48. The van der Waals surface area contributed by atoms with Crippen molar-refractivity contribution in [2.45, 2.75) is 6.61 Å². The first kappa shape index (κ1) is 12.8. The Morgan fingerprint density at radius 1 is 1.00 bits per heavy atom. The van der Waals surface area contributed by atoms with E-state index in [4.69, 9.17) is 14.2 Å². The van der Waals surface area contributed by atoms with Crippen molar-refractivity contribution in [3.63, 3.8) is 0 Å². The average molecular weight is 272 g/mol. The molecule has 0 atom stereocenters. The summed E-state index contributed by atoms with van der Waals surface area (Å²) in [6.07, 6.45) is 0. The SMILES string of the molecule is COc1ccc(-c2ccc3c(c2)OCCO3)cc1CO. The number of rotatable bonds is 3. The molecule has 1 N–H and O–H groups in total. The largest absolute Gasteiger partial charge is 0.496 e. The molecule has 0 aliphatic carbocycles. The van der Waals surface area contributed by atoms with E-state index in [1.54, 1.807) is 7.11 Å². The van der Waals surface area contributed by atoms with E-state index in [1.165, 1.54) is 0 Å². The van der Waals surface area contributed by atoms with Crippen molar-refractivity contribution in [1.82, 2.24) is 0 Å². The van der Waals surface area contributed by atoms with Gasteiger partial charge in [0, 0.05) is 5.56 Å². The average Bonchev–Trinajstić information content (AvgIpc) is 2.53. The molecule has 104 valence electrons. The second-order valence-electron chi connectivity index (χ2n) is 4.54. The van der Waals surface area contributed by atoms with Crippen LogP contribution in [0.2, 0.25) is 0 Å². The van der Waals surface area contributed by atoms with Gasteiger partial charge in [-0.3, -0.25) is 0 Å². The van der Waals surface area contributed by atoms with Crippen molar-refractivity contribution < 1.29 is 19.3 Å². The first-order valence-corrected chi connectivity index (χ1v) is 6.49. The molecule has 2 aromatic carbocycles. The maximum absolute atomic E-state index is 9.39. The predicted molar refractivity (Wildman–Crippen MR) is 75.3 cm³/mol. The quantitative estimate of drug-likeness (QED) is 0.933. The molecule has 0 unspecified atom stereocenters. The van der Waals surface area contributed by atoms with Gasteiger partial charge in [-0.2, -0.15) is 0 Å². The van der Waals surface area contributed by atoms with Gasteiger partial charge in [-0.25, -0.2) is 0 Å². The number of aliphatic hydroxyl groups is 1. The number of hydrogen-bond acceptors (Lipinski definition) is 4. The highest BCUT2D eigenvalue weighted by Crippen LogP contribution is 2.35. The van der Waals surface area contributed by atoms with E-state index in [-0.39, 0.29) is 6.61 Å². The molecular weight excluding hydrogens is 256 g/mol. The molecule has 4 heteroatoms. The summed E-state index contributed by atoms with van der Waals surface area (Å²) in [7, 11) is 1.60. The van der Waals surface area contributed by atoms with Gasteiger partial charge in [0.2, 0.25) is 0 Å². The second kappa shape index (κ2) is 5.43. The third kappa shape index (κ3) is 2.30. The molecular formula is C16H16O4. The summed E-state index contributed by atoms with van der Waals surface area (Å²) >= 11 is 0. The monoisotopic (exact) mass is 272 g/mol. The van der Waals surface area contributed by atoms with Crippen molar-refractivity contribution in [3.05, 3.63) is 42.0 Å². The summed E-state index contributed by atoms with van der Waals surface area (Å²) in [4.78, 5) is 0. The highest BCUT2D eigenvalue weighted by molar-refractivity contribution is 5.69. The van der Waals surface area contributed by atoms with Crippen molar-refractivity contribution in [2.24, 2.45) is 0 Å². The lowest BCUT2D eigenvalue weighted by Crippen LogP contribution is -2.15. The van der Waals surface area contributed by atoms with Gasteiger partial charge < -0.3 is 19.3 Å². The maximum Gasteiger partial charge on any atom is 0.161 e. The van der Waals surface area contributed by atoms with E-state index >= 15 is 0 Å². The minimum Gasteiger partial charge on any atom is -0.496 e. The summed E-state index contributed by atoms with van der Waals surface area (Å²) in [6.45, 7) is 1.10. The summed E-state index contributed by atoms with van der Waals surface area (Å²) < 4.78 is 16.3. The minimum atomic E-state index is -0.0540. The second-order valence-corrected chi connectivity index (χ2v) is 4.54. The fraction of sp³-hybridized carbons (Fsp3) is 0.250. The molecule has 0 spiro atoms. The predicted octanol–water partition coefficient (Wildman–Crippen LogP) is 2.63. The van der Waals surface area contributed by atoms with E-state index in [0.717, 1.165) is 28.2 Å². The van der Waals surface area contributed by atoms with E-state index in [1.807, 2.05) is 36.4 Å². The highest BCUT2D eigenvalue weighted by Gasteiger charge is 2.13. The third-order valence-corrected chi connectivity index (χ3v) is 3.33. The number of aliphatic hydroxyl groups excluding tert-OH is 1. The Morgan fingerprint density at radius 2 is 1.70 bits per heavy atom. The summed E-state index contributed by atoms with van der Waals surface area (Å²) in [5, 5.41) is 9.39. The lowest BCUT2D eigenvalue weighted by molar-refractivity contribution is 0.171. The van der Waals surface area contributed by atoms with Gasteiger partial charge in [0.25, 0.3) is 0 Å². The molecule has 0 amide bonds. The zero-order chi connectivity index (χ0) is 13.9. The van der Waals surface area contributed by atoms with Crippen LogP contribution in [0.5, 0.6) is 17.2 Å². The summed E-state index contributed by atoms with van der Waals surface area (Å²) in [5.41, 5.74) is 2.79. The van der Waals surface area contributed by atoms with Crippen LogP contribution in [0.1, 0.15) is 5.56 Å². The lowest BCUT2D eigenvalue weighted by Gasteiger charge is -2.19. The zero-order valence-electron chi connectivity index (χ0n) is 11.3. The van der Waals surface area contributed by atoms with Crippen LogP contribution >= 0.6 is 0 Å².